The van der Waals surface area contributed by atoms with Gasteiger partial charge in [-0.3, -0.25) is 10.1 Å². The molecule has 0 amide bonds. The molecule has 0 spiro atoms. The van der Waals surface area contributed by atoms with Crippen LogP contribution in [0.25, 0.3) is 11.3 Å². The Morgan fingerprint density at radius 2 is 2.35 bits per heavy atom. The average molecular weight is 290 g/mol. The van der Waals surface area contributed by atoms with Gasteiger partial charge in [-0.05, 0) is 19.8 Å². The largest absolute Gasteiger partial charge is 0.371 e. The van der Waals surface area contributed by atoms with Crippen molar-refractivity contribution in [3.63, 3.8) is 0 Å². The second-order valence-electron chi connectivity index (χ2n) is 4.83. The first-order valence-corrected chi connectivity index (χ1v) is 7.35. The first kappa shape index (κ1) is 13.2. The minimum Gasteiger partial charge on any atom is -0.371 e. The summed E-state index contributed by atoms with van der Waals surface area (Å²) >= 11 is 1.55. The Hall–Kier alpha value is -1.79. The van der Waals surface area contributed by atoms with Crippen LogP contribution in [0.5, 0.6) is 0 Å². The number of rotatable bonds is 3. The molecule has 1 aromatic carbocycles. The Morgan fingerprint density at radius 1 is 1.50 bits per heavy atom. The van der Waals surface area contributed by atoms with E-state index < -0.39 is 0 Å². The maximum atomic E-state index is 11.0. The zero-order valence-corrected chi connectivity index (χ0v) is 11.9. The van der Waals surface area contributed by atoms with E-state index in [-0.39, 0.29) is 16.7 Å². The standard InChI is InChI=1S/C14H14N2O3S/c1-9-4-5-10(7-12(9)16(17)18)11-8-20-14(15-11)13-3-2-6-19-13/h4-5,7-8,13H,2-3,6H2,1H3/t13-/m1/s1. The van der Waals surface area contributed by atoms with E-state index in [9.17, 15) is 10.1 Å². The molecule has 2 heterocycles. The number of ether oxygens (including phenoxy) is 1. The molecule has 0 saturated carbocycles. The number of thiazole rings is 1. The number of hydrogen-bond donors (Lipinski definition) is 0. The van der Waals surface area contributed by atoms with Crippen molar-refractivity contribution in [1.82, 2.24) is 4.98 Å². The van der Waals surface area contributed by atoms with Crippen LogP contribution in [0, 0.1) is 17.0 Å². The van der Waals surface area contributed by atoms with E-state index in [0.29, 0.717) is 5.56 Å². The lowest BCUT2D eigenvalue weighted by Gasteiger charge is -2.04. The molecular weight excluding hydrogens is 276 g/mol. The lowest BCUT2D eigenvalue weighted by atomic mass is 10.1. The summed E-state index contributed by atoms with van der Waals surface area (Å²) in [7, 11) is 0. The van der Waals surface area contributed by atoms with Crippen LogP contribution in [-0.2, 0) is 4.74 Å². The number of nitrogens with zero attached hydrogens (tertiary/aromatic N) is 2. The third-order valence-corrected chi connectivity index (χ3v) is 4.37. The first-order valence-electron chi connectivity index (χ1n) is 6.47. The number of hydrogen-bond acceptors (Lipinski definition) is 5. The van der Waals surface area contributed by atoms with Crippen molar-refractivity contribution in [2.45, 2.75) is 25.9 Å². The highest BCUT2D eigenvalue weighted by Gasteiger charge is 2.21. The molecular formula is C14H14N2O3S. The third-order valence-electron chi connectivity index (χ3n) is 3.43. The molecule has 1 aliphatic rings. The summed E-state index contributed by atoms with van der Waals surface area (Å²) in [4.78, 5) is 15.2. The fourth-order valence-electron chi connectivity index (χ4n) is 2.31. The fourth-order valence-corrected chi connectivity index (χ4v) is 3.22. The molecule has 0 unspecified atom stereocenters. The van der Waals surface area contributed by atoms with Gasteiger partial charge in [-0.25, -0.2) is 4.98 Å². The normalized spacial score (nSPS) is 18.4. The zero-order chi connectivity index (χ0) is 14.1. The van der Waals surface area contributed by atoms with Gasteiger partial charge in [0.15, 0.2) is 0 Å². The molecule has 1 aromatic heterocycles. The molecule has 2 aromatic rings. The van der Waals surface area contributed by atoms with Gasteiger partial charge in [0, 0.05) is 29.2 Å². The minimum absolute atomic E-state index is 0.0918. The molecule has 20 heavy (non-hydrogen) atoms. The summed E-state index contributed by atoms with van der Waals surface area (Å²) in [5, 5.41) is 13.9. The predicted molar refractivity (Wildman–Crippen MR) is 76.9 cm³/mol. The number of nitro benzene ring substituents is 1. The zero-order valence-electron chi connectivity index (χ0n) is 11.0. The molecule has 6 heteroatoms. The minimum atomic E-state index is -0.355. The summed E-state index contributed by atoms with van der Waals surface area (Å²) in [5.74, 6) is 0. The van der Waals surface area contributed by atoms with Crippen molar-refractivity contribution in [3.05, 3.63) is 44.3 Å². The van der Waals surface area contributed by atoms with Crippen molar-refractivity contribution in [3.8, 4) is 11.3 Å². The molecule has 0 aliphatic carbocycles. The molecule has 0 bridgehead atoms. The van der Waals surface area contributed by atoms with E-state index in [1.165, 1.54) is 0 Å². The molecule has 3 rings (SSSR count). The highest BCUT2D eigenvalue weighted by Crippen LogP contribution is 2.34. The lowest BCUT2D eigenvalue weighted by Crippen LogP contribution is -1.95. The van der Waals surface area contributed by atoms with E-state index >= 15 is 0 Å². The molecule has 5 nitrogen and oxygen atoms in total. The van der Waals surface area contributed by atoms with Gasteiger partial charge in [0.25, 0.3) is 5.69 Å². The fraction of sp³-hybridized carbons (Fsp3) is 0.357. The Morgan fingerprint density at radius 3 is 3.05 bits per heavy atom. The summed E-state index contributed by atoms with van der Waals surface area (Å²) in [6.07, 6.45) is 2.16. The van der Waals surface area contributed by atoms with Gasteiger partial charge >= 0.3 is 0 Å². The number of aryl methyl sites for hydroxylation is 1. The highest BCUT2D eigenvalue weighted by atomic mass is 32.1. The van der Waals surface area contributed by atoms with Gasteiger partial charge in [-0.1, -0.05) is 12.1 Å². The van der Waals surface area contributed by atoms with Gasteiger partial charge in [-0.2, -0.15) is 0 Å². The van der Waals surface area contributed by atoms with Crippen LogP contribution in [0.15, 0.2) is 23.6 Å². The summed E-state index contributed by atoms with van der Waals surface area (Å²) < 4.78 is 5.61. The first-order chi connectivity index (χ1) is 9.65. The van der Waals surface area contributed by atoms with Gasteiger partial charge in [-0.15, -0.1) is 11.3 Å². The number of benzene rings is 1. The third kappa shape index (κ3) is 2.44. The molecule has 1 atom stereocenters. The average Bonchev–Trinajstić information content (AvgIpc) is 3.09. The Kier molecular flexibility index (Phi) is 3.50. The van der Waals surface area contributed by atoms with Crippen LogP contribution >= 0.6 is 11.3 Å². The van der Waals surface area contributed by atoms with E-state index in [0.717, 1.165) is 35.7 Å². The molecule has 1 aliphatic heterocycles. The Balaban J connectivity index is 1.93. The van der Waals surface area contributed by atoms with Gasteiger partial charge in [0.05, 0.1) is 10.6 Å². The summed E-state index contributed by atoms with van der Waals surface area (Å²) in [5.41, 5.74) is 2.36. The van der Waals surface area contributed by atoms with Crippen LogP contribution < -0.4 is 0 Å². The van der Waals surface area contributed by atoms with Gasteiger partial charge in [0.2, 0.25) is 0 Å². The van der Waals surface area contributed by atoms with Crippen LogP contribution in [0.1, 0.15) is 29.5 Å². The lowest BCUT2D eigenvalue weighted by molar-refractivity contribution is -0.385. The summed E-state index contributed by atoms with van der Waals surface area (Å²) in [6.45, 7) is 2.52. The van der Waals surface area contributed by atoms with Crippen molar-refractivity contribution in [2.75, 3.05) is 6.61 Å². The Bertz CT molecular complexity index is 648. The van der Waals surface area contributed by atoms with E-state index in [4.69, 9.17) is 4.74 Å². The quantitative estimate of drug-likeness (QED) is 0.635. The Labute approximate surface area is 120 Å². The highest BCUT2D eigenvalue weighted by molar-refractivity contribution is 7.10. The predicted octanol–water partition coefficient (Wildman–Crippen LogP) is 3.88. The smallest absolute Gasteiger partial charge is 0.272 e. The van der Waals surface area contributed by atoms with Crippen LogP contribution in [0.2, 0.25) is 0 Å². The summed E-state index contributed by atoms with van der Waals surface area (Å²) in [6, 6.07) is 5.22. The molecule has 104 valence electrons. The monoisotopic (exact) mass is 290 g/mol. The topological polar surface area (TPSA) is 65.3 Å². The van der Waals surface area contributed by atoms with Crippen molar-refractivity contribution in [1.29, 1.82) is 0 Å². The maximum Gasteiger partial charge on any atom is 0.272 e. The number of aromatic nitrogens is 1. The van der Waals surface area contributed by atoms with Crippen LogP contribution in [0.4, 0.5) is 5.69 Å². The second-order valence-corrected chi connectivity index (χ2v) is 5.72. The van der Waals surface area contributed by atoms with Crippen LogP contribution in [-0.4, -0.2) is 16.5 Å². The molecule has 0 radical (unpaired) electrons. The van der Waals surface area contributed by atoms with Crippen molar-refractivity contribution < 1.29 is 9.66 Å². The SMILES string of the molecule is Cc1ccc(-c2csc([C@H]3CCCO3)n2)cc1[N+](=O)[O-]. The van der Waals surface area contributed by atoms with Gasteiger partial charge < -0.3 is 4.74 Å². The van der Waals surface area contributed by atoms with Crippen molar-refractivity contribution >= 4 is 17.0 Å². The molecule has 1 fully saturated rings. The maximum absolute atomic E-state index is 11.0. The van der Waals surface area contributed by atoms with Gasteiger partial charge in [0.1, 0.15) is 11.1 Å². The van der Waals surface area contributed by atoms with E-state index in [2.05, 4.69) is 4.98 Å². The van der Waals surface area contributed by atoms with E-state index in [1.54, 1.807) is 30.4 Å². The molecule has 0 N–H and O–H groups in total. The van der Waals surface area contributed by atoms with E-state index in [1.807, 2.05) is 11.4 Å². The van der Waals surface area contributed by atoms with Crippen molar-refractivity contribution in [2.24, 2.45) is 0 Å². The number of nitro groups is 1. The van der Waals surface area contributed by atoms with Crippen LogP contribution in [0.3, 0.4) is 0 Å². The molecule has 1 saturated heterocycles. The second kappa shape index (κ2) is 5.30.